The molecule has 6 heteroatoms. The molecule has 0 unspecified atom stereocenters. The van der Waals surface area contributed by atoms with Gasteiger partial charge in [-0.2, -0.15) is 0 Å². The van der Waals surface area contributed by atoms with Gasteiger partial charge >= 0.3 is 0 Å². The largest absolute Gasteiger partial charge is 0.361 e. The number of benzene rings is 1. The molecule has 0 fully saturated rings. The quantitative estimate of drug-likeness (QED) is 0.688. The molecule has 0 aliphatic rings. The van der Waals surface area contributed by atoms with Gasteiger partial charge in [0, 0.05) is 16.0 Å². The first-order valence-corrected chi connectivity index (χ1v) is 8.73. The summed E-state index contributed by atoms with van der Waals surface area (Å²) in [6.07, 6.45) is 0.238. The Kier molecular flexibility index (Phi) is 5.09. The van der Waals surface area contributed by atoms with E-state index in [0.29, 0.717) is 22.7 Å². The standard InChI is InChI=1S/C19H18N2O3S/c1-12-16(13(2)24-21-12)10-18(22)20-11-15-8-9-17(25-15)19(23)14-6-4-3-5-7-14/h3-9H,10-11H2,1-2H3,(H,20,22). The van der Waals surface area contributed by atoms with Crippen molar-refractivity contribution in [2.24, 2.45) is 0 Å². The van der Waals surface area contributed by atoms with E-state index in [0.717, 1.165) is 16.1 Å². The van der Waals surface area contributed by atoms with Crippen molar-refractivity contribution in [2.75, 3.05) is 0 Å². The molecule has 3 rings (SSSR count). The molecule has 1 aromatic carbocycles. The van der Waals surface area contributed by atoms with Crippen LogP contribution in [0.1, 0.15) is 37.1 Å². The fourth-order valence-corrected chi connectivity index (χ4v) is 3.40. The molecule has 0 spiro atoms. The Balaban J connectivity index is 1.58. The van der Waals surface area contributed by atoms with Crippen molar-refractivity contribution in [1.29, 1.82) is 0 Å². The van der Waals surface area contributed by atoms with Crippen LogP contribution in [0.2, 0.25) is 0 Å². The highest BCUT2D eigenvalue weighted by molar-refractivity contribution is 7.14. The van der Waals surface area contributed by atoms with Gasteiger partial charge < -0.3 is 9.84 Å². The van der Waals surface area contributed by atoms with Crippen molar-refractivity contribution < 1.29 is 14.1 Å². The summed E-state index contributed by atoms with van der Waals surface area (Å²) in [5.41, 5.74) is 2.22. The Morgan fingerprint density at radius 1 is 1.12 bits per heavy atom. The molecule has 2 aromatic heterocycles. The van der Waals surface area contributed by atoms with Crippen LogP contribution in [0, 0.1) is 13.8 Å². The van der Waals surface area contributed by atoms with Gasteiger partial charge in [0.2, 0.25) is 11.7 Å². The second kappa shape index (κ2) is 7.44. The van der Waals surface area contributed by atoms with Gasteiger partial charge in [-0.15, -0.1) is 11.3 Å². The lowest BCUT2D eigenvalue weighted by Crippen LogP contribution is -2.24. The Morgan fingerprint density at radius 2 is 1.88 bits per heavy atom. The zero-order valence-corrected chi connectivity index (χ0v) is 14.9. The average Bonchev–Trinajstić information content (AvgIpc) is 3.22. The number of hydrogen-bond donors (Lipinski definition) is 1. The van der Waals surface area contributed by atoms with E-state index in [1.807, 2.05) is 31.2 Å². The summed E-state index contributed by atoms with van der Waals surface area (Å²) in [6, 6.07) is 12.8. The predicted octanol–water partition coefficient (Wildman–Crippen LogP) is 3.44. The first-order valence-electron chi connectivity index (χ1n) is 7.91. The normalized spacial score (nSPS) is 10.6. The number of rotatable bonds is 6. The number of carbonyl (C=O) groups is 2. The molecule has 0 atom stereocenters. The second-order valence-corrected chi connectivity index (χ2v) is 6.89. The Hall–Kier alpha value is -2.73. The molecule has 128 valence electrons. The molecule has 25 heavy (non-hydrogen) atoms. The van der Waals surface area contributed by atoms with Gasteiger partial charge in [0.1, 0.15) is 5.76 Å². The minimum Gasteiger partial charge on any atom is -0.361 e. The van der Waals surface area contributed by atoms with E-state index in [1.54, 1.807) is 25.1 Å². The molecule has 0 bridgehead atoms. The number of ketones is 1. The van der Waals surface area contributed by atoms with Crippen LogP contribution in [0.3, 0.4) is 0 Å². The van der Waals surface area contributed by atoms with Crippen molar-refractivity contribution in [3.8, 4) is 0 Å². The van der Waals surface area contributed by atoms with Gasteiger partial charge in [-0.1, -0.05) is 35.5 Å². The highest BCUT2D eigenvalue weighted by Crippen LogP contribution is 2.20. The molecule has 0 aliphatic heterocycles. The third-order valence-corrected chi connectivity index (χ3v) is 4.98. The summed E-state index contributed by atoms with van der Waals surface area (Å²) in [5, 5.41) is 6.72. The molecular formula is C19H18N2O3S. The van der Waals surface area contributed by atoms with Crippen molar-refractivity contribution in [1.82, 2.24) is 10.5 Å². The second-order valence-electron chi connectivity index (χ2n) is 5.72. The van der Waals surface area contributed by atoms with Gasteiger partial charge in [-0.05, 0) is 26.0 Å². The lowest BCUT2D eigenvalue weighted by molar-refractivity contribution is -0.120. The Bertz CT molecular complexity index is 877. The summed E-state index contributed by atoms with van der Waals surface area (Å²) in [7, 11) is 0. The summed E-state index contributed by atoms with van der Waals surface area (Å²) in [6.45, 7) is 4.01. The smallest absolute Gasteiger partial charge is 0.224 e. The van der Waals surface area contributed by atoms with Crippen LogP contribution in [-0.4, -0.2) is 16.8 Å². The topological polar surface area (TPSA) is 72.2 Å². The number of nitrogens with one attached hydrogen (secondary N) is 1. The minimum absolute atomic E-state index is 0.00102. The first-order chi connectivity index (χ1) is 12.0. The Labute approximate surface area is 149 Å². The maximum absolute atomic E-state index is 12.4. The fourth-order valence-electron chi connectivity index (χ4n) is 2.49. The number of thiophene rings is 1. The number of hydrogen-bond acceptors (Lipinski definition) is 5. The molecule has 3 aromatic rings. The van der Waals surface area contributed by atoms with E-state index >= 15 is 0 Å². The lowest BCUT2D eigenvalue weighted by atomic mass is 10.1. The van der Waals surface area contributed by atoms with Crippen LogP contribution in [0.25, 0.3) is 0 Å². The first kappa shape index (κ1) is 17.1. The Morgan fingerprint density at radius 3 is 2.56 bits per heavy atom. The van der Waals surface area contributed by atoms with E-state index in [2.05, 4.69) is 10.5 Å². The minimum atomic E-state index is -0.0984. The van der Waals surface area contributed by atoms with E-state index in [-0.39, 0.29) is 18.1 Å². The van der Waals surface area contributed by atoms with E-state index in [4.69, 9.17) is 4.52 Å². The lowest BCUT2D eigenvalue weighted by Gasteiger charge is -2.03. The third-order valence-electron chi connectivity index (χ3n) is 3.90. The number of amides is 1. The van der Waals surface area contributed by atoms with Crippen LogP contribution >= 0.6 is 11.3 Å². The highest BCUT2D eigenvalue weighted by Gasteiger charge is 2.14. The summed E-state index contributed by atoms with van der Waals surface area (Å²) in [5.74, 6) is 0.567. The molecule has 0 saturated heterocycles. The van der Waals surface area contributed by atoms with Crippen LogP contribution in [0.15, 0.2) is 47.0 Å². The monoisotopic (exact) mass is 354 g/mol. The van der Waals surface area contributed by atoms with Gasteiger partial charge in [0.05, 0.1) is 23.5 Å². The number of nitrogens with zero attached hydrogens (tertiary/aromatic N) is 1. The SMILES string of the molecule is Cc1noc(C)c1CC(=O)NCc1ccc(C(=O)c2ccccc2)s1. The maximum atomic E-state index is 12.4. The number of aryl methyl sites for hydroxylation is 2. The van der Waals surface area contributed by atoms with Gasteiger partial charge in [0.15, 0.2) is 0 Å². The van der Waals surface area contributed by atoms with Crippen LogP contribution in [0.4, 0.5) is 0 Å². The number of carbonyl (C=O) groups excluding carboxylic acids is 2. The van der Waals surface area contributed by atoms with Crippen molar-refractivity contribution in [3.05, 3.63) is 74.8 Å². The molecule has 2 heterocycles. The maximum Gasteiger partial charge on any atom is 0.224 e. The number of aromatic nitrogens is 1. The average molecular weight is 354 g/mol. The van der Waals surface area contributed by atoms with E-state index in [1.165, 1.54) is 11.3 Å². The van der Waals surface area contributed by atoms with E-state index < -0.39 is 0 Å². The van der Waals surface area contributed by atoms with Gasteiger partial charge in [0.25, 0.3) is 0 Å². The summed E-state index contributed by atoms with van der Waals surface area (Å²) >= 11 is 1.40. The fraction of sp³-hybridized carbons (Fsp3) is 0.211. The van der Waals surface area contributed by atoms with Crippen LogP contribution in [0.5, 0.6) is 0 Å². The zero-order valence-electron chi connectivity index (χ0n) is 14.0. The van der Waals surface area contributed by atoms with E-state index in [9.17, 15) is 9.59 Å². The zero-order chi connectivity index (χ0) is 17.8. The third kappa shape index (κ3) is 4.03. The molecule has 0 saturated carbocycles. The predicted molar refractivity (Wildman–Crippen MR) is 95.7 cm³/mol. The summed E-state index contributed by atoms with van der Waals surface area (Å²) < 4.78 is 5.07. The van der Waals surface area contributed by atoms with Crippen LogP contribution < -0.4 is 5.32 Å². The van der Waals surface area contributed by atoms with Gasteiger partial charge in [-0.3, -0.25) is 9.59 Å². The van der Waals surface area contributed by atoms with Crippen LogP contribution in [-0.2, 0) is 17.8 Å². The molecule has 0 radical (unpaired) electrons. The molecule has 1 amide bonds. The van der Waals surface area contributed by atoms with Crippen molar-refractivity contribution in [2.45, 2.75) is 26.8 Å². The van der Waals surface area contributed by atoms with Gasteiger partial charge in [-0.25, -0.2) is 0 Å². The molecular weight excluding hydrogens is 336 g/mol. The summed E-state index contributed by atoms with van der Waals surface area (Å²) in [4.78, 5) is 26.1. The van der Waals surface area contributed by atoms with Crippen molar-refractivity contribution >= 4 is 23.0 Å². The highest BCUT2D eigenvalue weighted by atomic mass is 32.1. The molecule has 0 aliphatic carbocycles. The molecule has 5 nitrogen and oxygen atoms in total. The van der Waals surface area contributed by atoms with Crippen molar-refractivity contribution in [3.63, 3.8) is 0 Å². The molecule has 1 N–H and O–H groups in total.